The van der Waals surface area contributed by atoms with Crippen LogP contribution in [0.15, 0.2) is 84.6 Å². The summed E-state index contributed by atoms with van der Waals surface area (Å²) < 4.78 is 5.35. The molecule has 0 spiro atoms. The molecule has 32 heavy (non-hydrogen) atoms. The number of alkyl carbamates (subject to hydrolysis) is 1. The fraction of sp³-hybridized carbons (Fsp3) is 0.231. The van der Waals surface area contributed by atoms with E-state index in [4.69, 9.17) is 4.74 Å². The van der Waals surface area contributed by atoms with E-state index in [0.717, 1.165) is 40.4 Å². The molecule has 164 valence electrons. The second-order valence-electron chi connectivity index (χ2n) is 7.80. The van der Waals surface area contributed by atoms with Crippen molar-refractivity contribution in [2.75, 3.05) is 6.54 Å². The Balaban J connectivity index is 1.43. The molecule has 3 aromatic rings. The van der Waals surface area contributed by atoms with Gasteiger partial charge in [-0.05, 0) is 35.6 Å². The zero-order chi connectivity index (χ0) is 22.2. The van der Waals surface area contributed by atoms with E-state index >= 15 is 0 Å². The molecule has 1 aliphatic rings. The Kier molecular flexibility index (Phi) is 7.02. The number of ether oxygens (including phenoxy) is 1. The Hall–Kier alpha value is -3.80. The predicted octanol–water partition coefficient (Wildman–Crippen LogP) is 4.40. The summed E-state index contributed by atoms with van der Waals surface area (Å²) in [5, 5.41) is 6.74. The van der Waals surface area contributed by atoms with Gasteiger partial charge in [-0.3, -0.25) is 4.79 Å². The maximum atomic E-state index is 13.0. The number of fused-ring (bicyclic) bond motifs is 1. The molecule has 0 saturated carbocycles. The lowest BCUT2D eigenvalue weighted by molar-refractivity contribution is -0.122. The van der Waals surface area contributed by atoms with Gasteiger partial charge in [-0.2, -0.15) is 0 Å². The smallest absolute Gasteiger partial charge is 0.408 e. The normalized spacial score (nSPS) is 13.9. The standard InChI is InChI=1S/C26H27N3O3/c30-25(28-16-19-9-3-1-4-10-19)24(15-21-17-27-23-14-8-7-13-22(21)23)29-26(31)32-18-20-11-5-2-6-12-20/h2-3,5-14,17,24,27H,1,4,15-16,18H2,(H,28,30)(H,29,31)/t24-/m0/s1. The molecule has 1 atom stereocenters. The summed E-state index contributed by atoms with van der Waals surface area (Å²) in [6, 6.07) is 16.6. The summed E-state index contributed by atoms with van der Waals surface area (Å²) in [7, 11) is 0. The minimum Gasteiger partial charge on any atom is -0.445 e. The predicted molar refractivity (Wildman–Crippen MR) is 125 cm³/mol. The number of hydrogen-bond donors (Lipinski definition) is 3. The van der Waals surface area contributed by atoms with Gasteiger partial charge in [0.05, 0.1) is 0 Å². The van der Waals surface area contributed by atoms with Crippen molar-refractivity contribution in [3.8, 4) is 0 Å². The number of rotatable bonds is 8. The molecule has 6 heteroatoms. The highest BCUT2D eigenvalue weighted by Crippen LogP contribution is 2.19. The van der Waals surface area contributed by atoms with Gasteiger partial charge >= 0.3 is 6.09 Å². The lowest BCUT2D eigenvalue weighted by Gasteiger charge is -2.19. The van der Waals surface area contributed by atoms with Gasteiger partial charge in [0.1, 0.15) is 12.6 Å². The highest BCUT2D eigenvalue weighted by molar-refractivity contribution is 5.88. The summed E-state index contributed by atoms with van der Waals surface area (Å²) in [4.78, 5) is 28.7. The number of amides is 2. The first kappa shape index (κ1) is 21.4. The number of nitrogens with one attached hydrogen (secondary N) is 3. The van der Waals surface area contributed by atoms with Crippen molar-refractivity contribution < 1.29 is 14.3 Å². The molecular formula is C26H27N3O3. The molecule has 0 fully saturated rings. The minimum absolute atomic E-state index is 0.145. The molecule has 1 heterocycles. The van der Waals surface area contributed by atoms with Crippen molar-refractivity contribution in [3.63, 3.8) is 0 Å². The van der Waals surface area contributed by atoms with Gasteiger partial charge in [-0.1, -0.05) is 66.8 Å². The van der Waals surface area contributed by atoms with E-state index in [1.165, 1.54) is 0 Å². The Morgan fingerprint density at radius 2 is 1.84 bits per heavy atom. The molecule has 2 amide bonds. The van der Waals surface area contributed by atoms with Crippen LogP contribution in [0.3, 0.4) is 0 Å². The van der Waals surface area contributed by atoms with Crippen LogP contribution in [0.1, 0.15) is 24.0 Å². The molecule has 1 aromatic heterocycles. The summed E-state index contributed by atoms with van der Waals surface area (Å²) in [6.07, 6.45) is 9.87. The fourth-order valence-electron chi connectivity index (χ4n) is 3.75. The van der Waals surface area contributed by atoms with E-state index < -0.39 is 12.1 Å². The first-order valence-corrected chi connectivity index (χ1v) is 10.8. The van der Waals surface area contributed by atoms with Crippen LogP contribution >= 0.6 is 0 Å². The van der Waals surface area contributed by atoms with Crippen molar-refractivity contribution in [2.24, 2.45) is 0 Å². The third-order valence-electron chi connectivity index (χ3n) is 5.46. The Morgan fingerprint density at radius 1 is 1.03 bits per heavy atom. The van der Waals surface area contributed by atoms with Crippen LogP contribution in [-0.4, -0.2) is 29.6 Å². The summed E-state index contributed by atoms with van der Waals surface area (Å²) in [5.74, 6) is -0.244. The van der Waals surface area contributed by atoms with E-state index in [-0.39, 0.29) is 12.5 Å². The second-order valence-corrected chi connectivity index (χ2v) is 7.80. The lowest BCUT2D eigenvalue weighted by Crippen LogP contribution is -2.48. The lowest BCUT2D eigenvalue weighted by atomic mass is 10.0. The van der Waals surface area contributed by atoms with Gasteiger partial charge < -0.3 is 20.4 Å². The van der Waals surface area contributed by atoms with Crippen LogP contribution in [-0.2, 0) is 22.6 Å². The van der Waals surface area contributed by atoms with Crippen LogP contribution in [0, 0.1) is 0 Å². The molecule has 0 saturated heterocycles. The first-order chi connectivity index (χ1) is 15.7. The molecule has 1 aliphatic carbocycles. The number of benzene rings is 2. The monoisotopic (exact) mass is 429 g/mol. The van der Waals surface area contributed by atoms with Crippen LogP contribution in [0.2, 0.25) is 0 Å². The second kappa shape index (κ2) is 10.5. The molecule has 6 nitrogen and oxygen atoms in total. The highest BCUT2D eigenvalue weighted by atomic mass is 16.5. The van der Waals surface area contributed by atoms with E-state index in [1.807, 2.05) is 66.9 Å². The number of hydrogen-bond acceptors (Lipinski definition) is 3. The molecule has 0 bridgehead atoms. The molecular weight excluding hydrogens is 402 g/mol. The summed E-state index contributed by atoms with van der Waals surface area (Å²) in [6.45, 7) is 0.576. The number of aromatic amines is 1. The van der Waals surface area contributed by atoms with Crippen LogP contribution < -0.4 is 10.6 Å². The van der Waals surface area contributed by atoms with E-state index in [9.17, 15) is 9.59 Å². The molecule has 0 unspecified atom stereocenters. The Labute approximate surface area is 187 Å². The Bertz CT molecular complexity index is 1130. The van der Waals surface area contributed by atoms with Crippen LogP contribution in [0.4, 0.5) is 4.79 Å². The Morgan fingerprint density at radius 3 is 2.66 bits per heavy atom. The molecule has 0 radical (unpaired) electrons. The van der Waals surface area contributed by atoms with E-state index in [2.05, 4.69) is 27.8 Å². The van der Waals surface area contributed by atoms with Gasteiger partial charge in [-0.25, -0.2) is 4.79 Å². The number of carbonyl (C=O) groups is 2. The van der Waals surface area contributed by atoms with Crippen LogP contribution in [0.5, 0.6) is 0 Å². The number of allylic oxidation sites excluding steroid dienone is 2. The van der Waals surface area contributed by atoms with Gasteiger partial charge in [0, 0.05) is 30.1 Å². The zero-order valence-electron chi connectivity index (χ0n) is 17.8. The molecule has 4 rings (SSSR count). The van der Waals surface area contributed by atoms with Gasteiger partial charge in [0.25, 0.3) is 0 Å². The molecule has 0 aliphatic heterocycles. The number of aromatic nitrogens is 1. The largest absolute Gasteiger partial charge is 0.445 e. The van der Waals surface area contributed by atoms with Gasteiger partial charge in [-0.15, -0.1) is 0 Å². The minimum atomic E-state index is -0.759. The first-order valence-electron chi connectivity index (χ1n) is 10.8. The third kappa shape index (κ3) is 5.66. The van der Waals surface area contributed by atoms with Crippen molar-refractivity contribution in [1.82, 2.24) is 15.6 Å². The average molecular weight is 430 g/mol. The quantitative estimate of drug-likeness (QED) is 0.496. The number of H-pyrrole nitrogens is 1. The van der Waals surface area contributed by atoms with E-state index in [1.54, 1.807) is 0 Å². The molecule has 2 aromatic carbocycles. The van der Waals surface area contributed by atoms with Crippen molar-refractivity contribution in [3.05, 3.63) is 95.7 Å². The highest BCUT2D eigenvalue weighted by Gasteiger charge is 2.23. The fourth-order valence-corrected chi connectivity index (χ4v) is 3.75. The topological polar surface area (TPSA) is 83.2 Å². The number of carbonyl (C=O) groups excluding carboxylic acids is 2. The van der Waals surface area contributed by atoms with Crippen molar-refractivity contribution in [1.29, 1.82) is 0 Å². The van der Waals surface area contributed by atoms with Gasteiger partial charge in [0.2, 0.25) is 5.91 Å². The summed E-state index contributed by atoms with van der Waals surface area (Å²) >= 11 is 0. The maximum absolute atomic E-state index is 13.0. The van der Waals surface area contributed by atoms with Crippen molar-refractivity contribution >= 4 is 22.9 Å². The third-order valence-corrected chi connectivity index (χ3v) is 5.46. The van der Waals surface area contributed by atoms with Crippen molar-refractivity contribution in [2.45, 2.75) is 31.9 Å². The van der Waals surface area contributed by atoms with E-state index in [0.29, 0.717) is 13.0 Å². The van der Waals surface area contributed by atoms with Crippen LogP contribution in [0.25, 0.3) is 10.9 Å². The summed E-state index contributed by atoms with van der Waals surface area (Å²) in [5.41, 5.74) is 3.91. The molecule has 3 N–H and O–H groups in total. The number of para-hydroxylation sites is 1. The average Bonchev–Trinajstić information content (AvgIpc) is 3.25. The van der Waals surface area contributed by atoms with Gasteiger partial charge in [0.15, 0.2) is 0 Å². The maximum Gasteiger partial charge on any atom is 0.408 e. The zero-order valence-corrected chi connectivity index (χ0v) is 17.8. The SMILES string of the molecule is O=C(N[C@@H](Cc1c[nH]c2ccccc12)C(=O)NCC1=CCCC=C1)OCc1ccccc1.